The van der Waals surface area contributed by atoms with Gasteiger partial charge in [-0.2, -0.15) is 0 Å². The molecule has 0 bridgehead atoms. The number of piperidine rings is 1. The molecule has 1 amide bonds. The normalized spacial score (nSPS) is 23.8. The van der Waals surface area contributed by atoms with Gasteiger partial charge in [-0.3, -0.25) is 9.79 Å². The Balaban J connectivity index is 0.00000341. The molecule has 0 aromatic carbocycles. The molecule has 1 unspecified atom stereocenters. The van der Waals surface area contributed by atoms with Gasteiger partial charge in [0.05, 0.1) is 25.4 Å². The first-order chi connectivity index (χ1) is 14.7. The van der Waals surface area contributed by atoms with Gasteiger partial charge in [0.15, 0.2) is 5.96 Å². The highest BCUT2D eigenvalue weighted by molar-refractivity contribution is 14.0. The SMILES string of the molecule is CCNC(=NCCC(=O)NC1CCCCC1)N1CCC(OCC2CCCCO2)CC1.I. The summed E-state index contributed by atoms with van der Waals surface area (Å²) in [6.07, 6.45) is 12.7. The van der Waals surface area contributed by atoms with Crippen LogP contribution in [-0.2, 0) is 14.3 Å². The van der Waals surface area contributed by atoms with E-state index in [2.05, 4.69) is 22.5 Å². The van der Waals surface area contributed by atoms with E-state index in [9.17, 15) is 4.79 Å². The average Bonchev–Trinajstić information content (AvgIpc) is 2.79. The molecule has 0 aromatic rings. The number of hydrogen-bond acceptors (Lipinski definition) is 4. The van der Waals surface area contributed by atoms with E-state index in [-0.39, 0.29) is 36.0 Å². The zero-order chi connectivity index (χ0) is 21.0. The first-order valence-corrected chi connectivity index (χ1v) is 12.3. The number of halogens is 1. The first-order valence-electron chi connectivity index (χ1n) is 12.3. The smallest absolute Gasteiger partial charge is 0.222 e. The van der Waals surface area contributed by atoms with Gasteiger partial charge in [0.1, 0.15) is 0 Å². The minimum atomic E-state index is 0. The van der Waals surface area contributed by atoms with Gasteiger partial charge in [-0.25, -0.2) is 0 Å². The molecular weight excluding hydrogens is 507 g/mol. The average molecular weight is 551 g/mol. The molecule has 3 fully saturated rings. The van der Waals surface area contributed by atoms with Crippen LogP contribution in [0.4, 0.5) is 0 Å². The Morgan fingerprint density at radius 3 is 2.48 bits per heavy atom. The molecule has 1 atom stereocenters. The van der Waals surface area contributed by atoms with Crippen molar-refractivity contribution in [3.05, 3.63) is 0 Å². The standard InChI is InChI=1S/C23H42N4O3.HI/c1-2-24-23(25-14-11-22(28)26-19-8-4-3-5-9-19)27-15-12-20(13-16-27)30-18-21-10-6-7-17-29-21;/h19-21H,2-18H2,1H3,(H,24,25)(H,26,28);1H. The molecule has 3 aliphatic rings. The van der Waals surface area contributed by atoms with E-state index in [1.807, 2.05) is 0 Å². The summed E-state index contributed by atoms with van der Waals surface area (Å²) in [6, 6.07) is 0.376. The predicted octanol–water partition coefficient (Wildman–Crippen LogP) is 3.46. The molecule has 0 aromatic heterocycles. The van der Waals surface area contributed by atoms with E-state index in [0.717, 1.165) is 70.9 Å². The van der Waals surface area contributed by atoms with E-state index in [1.165, 1.54) is 32.1 Å². The summed E-state index contributed by atoms with van der Waals surface area (Å²) in [5, 5.41) is 6.57. The molecule has 7 nitrogen and oxygen atoms in total. The van der Waals surface area contributed by atoms with Crippen molar-refractivity contribution in [2.24, 2.45) is 4.99 Å². The number of likely N-dealkylation sites (tertiary alicyclic amines) is 1. The third-order valence-corrected chi connectivity index (χ3v) is 6.44. The van der Waals surface area contributed by atoms with Crippen LogP contribution in [0.3, 0.4) is 0 Å². The fourth-order valence-corrected chi connectivity index (χ4v) is 4.65. The van der Waals surface area contributed by atoms with Crippen LogP contribution in [0.2, 0.25) is 0 Å². The predicted molar refractivity (Wildman–Crippen MR) is 135 cm³/mol. The van der Waals surface area contributed by atoms with Gasteiger partial charge in [0.2, 0.25) is 5.91 Å². The molecule has 8 heteroatoms. The van der Waals surface area contributed by atoms with Gasteiger partial charge in [0, 0.05) is 38.7 Å². The fourth-order valence-electron chi connectivity index (χ4n) is 4.65. The highest BCUT2D eigenvalue weighted by Gasteiger charge is 2.24. The van der Waals surface area contributed by atoms with Crippen molar-refractivity contribution >= 4 is 35.8 Å². The largest absolute Gasteiger partial charge is 0.376 e. The zero-order valence-electron chi connectivity index (χ0n) is 19.3. The first kappa shape index (κ1) is 26.6. The number of guanidine groups is 1. The van der Waals surface area contributed by atoms with Gasteiger partial charge in [-0.05, 0) is 51.9 Å². The Morgan fingerprint density at radius 1 is 1.06 bits per heavy atom. The van der Waals surface area contributed by atoms with Gasteiger partial charge in [-0.15, -0.1) is 24.0 Å². The van der Waals surface area contributed by atoms with E-state index in [4.69, 9.17) is 14.5 Å². The lowest BCUT2D eigenvalue weighted by Crippen LogP contribution is -2.47. The Labute approximate surface area is 205 Å². The summed E-state index contributed by atoms with van der Waals surface area (Å²) in [5.41, 5.74) is 0. The lowest BCUT2D eigenvalue weighted by Gasteiger charge is -2.35. The molecule has 3 rings (SSSR count). The summed E-state index contributed by atoms with van der Waals surface area (Å²) < 4.78 is 11.9. The fraction of sp³-hybridized carbons (Fsp3) is 0.913. The molecule has 0 spiro atoms. The van der Waals surface area contributed by atoms with Crippen molar-refractivity contribution in [2.75, 3.05) is 39.4 Å². The number of rotatable bonds is 8. The summed E-state index contributed by atoms with van der Waals surface area (Å²) in [4.78, 5) is 19.3. The van der Waals surface area contributed by atoms with Gasteiger partial charge in [-0.1, -0.05) is 19.3 Å². The minimum Gasteiger partial charge on any atom is -0.376 e. The van der Waals surface area contributed by atoms with Crippen LogP contribution < -0.4 is 10.6 Å². The summed E-state index contributed by atoms with van der Waals surface area (Å²) in [5.74, 6) is 1.07. The molecule has 2 saturated heterocycles. The Morgan fingerprint density at radius 2 is 1.81 bits per heavy atom. The maximum atomic E-state index is 12.2. The molecule has 0 radical (unpaired) electrons. The van der Waals surface area contributed by atoms with E-state index >= 15 is 0 Å². The molecule has 1 aliphatic carbocycles. The van der Waals surface area contributed by atoms with Crippen molar-refractivity contribution in [2.45, 2.75) is 95.8 Å². The van der Waals surface area contributed by atoms with Gasteiger partial charge in [0.25, 0.3) is 0 Å². The highest BCUT2D eigenvalue weighted by Crippen LogP contribution is 2.19. The monoisotopic (exact) mass is 550 g/mol. The van der Waals surface area contributed by atoms with Crippen molar-refractivity contribution in [3.63, 3.8) is 0 Å². The number of carbonyl (C=O) groups is 1. The second kappa shape index (κ2) is 15.3. The van der Waals surface area contributed by atoms with Crippen LogP contribution in [-0.4, -0.2) is 74.4 Å². The summed E-state index contributed by atoms with van der Waals surface area (Å²) in [7, 11) is 0. The molecular formula is C23H43IN4O3. The molecule has 31 heavy (non-hydrogen) atoms. The second-order valence-corrected chi connectivity index (χ2v) is 8.90. The van der Waals surface area contributed by atoms with Crippen LogP contribution in [0.25, 0.3) is 0 Å². The van der Waals surface area contributed by atoms with Gasteiger partial charge >= 0.3 is 0 Å². The molecule has 2 heterocycles. The summed E-state index contributed by atoms with van der Waals surface area (Å²) in [6.45, 7) is 6.96. The summed E-state index contributed by atoms with van der Waals surface area (Å²) >= 11 is 0. The van der Waals surface area contributed by atoms with Crippen LogP contribution in [0.1, 0.15) is 77.6 Å². The lowest BCUT2D eigenvalue weighted by atomic mass is 9.95. The second-order valence-electron chi connectivity index (χ2n) is 8.90. The number of carbonyl (C=O) groups excluding carboxylic acids is 1. The van der Waals surface area contributed by atoms with Gasteiger partial charge < -0.3 is 25.0 Å². The molecule has 180 valence electrons. The maximum Gasteiger partial charge on any atom is 0.222 e. The van der Waals surface area contributed by atoms with Crippen LogP contribution >= 0.6 is 24.0 Å². The number of hydrogen-bond donors (Lipinski definition) is 2. The Bertz CT molecular complexity index is 529. The Kier molecular flexibility index (Phi) is 13.1. The van der Waals surface area contributed by atoms with E-state index < -0.39 is 0 Å². The number of amides is 1. The number of nitrogens with one attached hydrogen (secondary N) is 2. The van der Waals surface area contributed by atoms with Crippen molar-refractivity contribution in [3.8, 4) is 0 Å². The lowest BCUT2D eigenvalue weighted by molar-refractivity contribution is -0.121. The quantitative estimate of drug-likeness (QED) is 0.275. The van der Waals surface area contributed by atoms with Crippen LogP contribution in [0.15, 0.2) is 4.99 Å². The van der Waals surface area contributed by atoms with Crippen molar-refractivity contribution in [1.82, 2.24) is 15.5 Å². The molecule has 1 saturated carbocycles. The van der Waals surface area contributed by atoms with Crippen LogP contribution in [0, 0.1) is 0 Å². The number of nitrogens with zero attached hydrogens (tertiary/aromatic N) is 2. The zero-order valence-corrected chi connectivity index (χ0v) is 21.6. The van der Waals surface area contributed by atoms with Crippen molar-refractivity contribution in [1.29, 1.82) is 0 Å². The highest BCUT2D eigenvalue weighted by atomic mass is 127. The molecule has 2 N–H and O–H groups in total. The molecule has 2 aliphatic heterocycles. The minimum absolute atomic E-state index is 0. The van der Waals surface area contributed by atoms with Crippen molar-refractivity contribution < 1.29 is 14.3 Å². The maximum absolute atomic E-state index is 12.2. The van der Waals surface area contributed by atoms with E-state index in [1.54, 1.807) is 0 Å². The third-order valence-electron chi connectivity index (χ3n) is 6.44. The number of aliphatic imine (C=N–C) groups is 1. The Hall–Kier alpha value is -0.610. The topological polar surface area (TPSA) is 75.2 Å². The van der Waals surface area contributed by atoms with E-state index in [0.29, 0.717) is 25.1 Å². The third kappa shape index (κ3) is 9.82. The van der Waals surface area contributed by atoms with Crippen LogP contribution in [0.5, 0.6) is 0 Å². The number of ether oxygens (including phenoxy) is 2.